The minimum absolute atomic E-state index is 0.208. The second kappa shape index (κ2) is 7.55. The zero-order valence-corrected chi connectivity index (χ0v) is 11.8. The number of nitrogens with one attached hydrogen (secondary N) is 1. The van der Waals surface area contributed by atoms with Gasteiger partial charge in [-0.3, -0.25) is 0 Å². The molecule has 1 aromatic rings. The van der Waals surface area contributed by atoms with Crippen molar-refractivity contribution in [3.05, 3.63) is 29.8 Å². The predicted octanol–water partition coefficient (Wildman–Crippen LogP) is 2.86. The Balaban J connectivity index is 1.78. The zero-order chi connectivity index (χ0) is 14.4. The van der Waals surface area contributed by atoms with E-state index in [0.717, 1.165) is 31.6 Å². The molecule has 20 heavy (non-hydrogen) atoms. The van der Waals surface area contributed by atoms with Gasteiger partial charge in [-0.1, -0.05) is 12.1 Å². The Morgan fingerprint density at radius 2 is 2.00 bits per heavy atom. The molecule has 0 spiro atoms. The average Bonchev–Trinajstić information content (AvgIpc) is 2.62. The van der Waals surface area contributed by atoms with Gasteiger partial charge in [0.05, 0.1) is 0 Å². The van der Waals surface area contributed by atoms with Crippen LogP contribution in [0.25, 0.3) is 0 Å². The molecule has 0 radical (unpaired) electrons. The number of nitrogens with zero attached hydrogens (tertiary/aromatic N) is 1. The first-order valence-electron chi connectivity index (χ1n) is 7.09. The van der Waals surface area contributed by atoms with Gasteiger partial charge in [0.15, 0.2) is 0 Å². The summed E-state index contributed by atoms with van der Waals surface area (Å²) in [6.07, 6.45) is 3.56. The van der Waals surface area contributed by atoms with Crippen LogP contribution in [0.5, 0.6) is 5.75 Å². The SMILES string of the molecule is CN1CCCC(NCc2ccc(OC(F)F)cc2)CC1. The third-order valence-corrected chi connectivity index (χ3v) is 3.70. The summed E-state index contributed by atoms with van der Waals surface area (Å²) in [5, 5.41) is 3.54. The second-order valence-corrected chi connectivity index (χ2v) is 5.33. The van der Waals surface area contributed by atoms with Crippen LogP contribution in [0.3, 0.4) is 0 Å². The highest BCUT2D eigenvalue weighted by molar-refractivity contribution is 5.27. The molecule has 0 bridgehead atoms. The lowest BCUT2D eigenvalue weighted by molar-refractivity contribution is -0.0498. The Labute approximate surface area is 118 Å². The summed E-state index contributed by atoms with van der Waals surface area (Å²) in [5.41, 5.74) is 1.09. The summed E-state index contributed by atoms with van der Waals surface area (Å²) in [6, 6.07) is 7.37. The third-order valence-electron chi connectivity index (χ3n) is 3.70. The van der Waals surface area contributed by atoms with E-state index in [2.05, 4.69) is 22.0 Å². The van der Waals surface area contributed by atoms with E-state index in [1.165, 1.54) is 12.8 Å². The highest BCUT2D eigenvalue weighted by Crippen LogP contribution is 2.15. The van der Waals surface area contributed by atoms with Crippen LogP contribution in [-0.4, -0.2) is 37.7 Å². The molecule has 1 aliphatic heterocycles. The van der Waals surface area contributed by atoms with Gasteiger partial charge in [-0.15, -0.1) is 0 Å². The van der Waals surface area contributed by atoms with E-state index < -0.39 is 6.61 Å². The van der Waals surface area contributed by atoms with Gasteiger partial charge < -0.3 is 15.0 Å². The Morgan fingerprint density at radius 3 is 2.70 bits per heavy atom. The molecule has 112 valence electrons. The third kappa shape index (κ3) is 5.06. The zero-order valence-electron chi connectivity index (χ0n) is 11.8. The number of rotatable bonds is 5. The minimum Gasteiger partial charge on any atom is -0.435 e. The Hall–Kier alpha value is -1.20. The maximum Gasteiger partial charge on any atom is 0.387 e. The van der Waals surface area contributed by atoms with Crippen LogP contribution in [0.4, 0.5) is 8.78 Å². The quantitative estimate of drug-likeness (QED) is 0.900. The number of ether oxygens (including phenoxy) is 1. The van der Waals surface area contributed by atoms with E-state index in [9.17, 15) is 8.78 Å². The summed E-state index contributed by atoms with van der Waals surface area (Å²) < 4.78 is 28.4. The summed E-state index contributed by atoms with van der Waals surface area (Å²) in [6.45, 7) is 0.293. The smallest absolute Gasteiger partial charge is 0.387 e. The molecule has 5 heteroatoms. The second-order valence-electron chi connectivity index (χ2n) is 5.33. The van der Waals surface area contributed by atoms with E-state index in [4.69, 9.17) is 0 Å². The predicted molar refractivity (Wildman–Crippen MR) is 75.0 cm³/mol. The normalized spacial score (nSPS) is 20.9. The topological polar surface area (TPSA) is 24.5 Å². The summed E-state index contributed by atoms with van der Waals surface area (Å²) >= 11 is 0. The largest absolute Gasteiger partial charge is 0.435 e. The first-order valence-corrected chi connectivity index (χ1v) is 7.09. The molecule has 1 N–H and O–H groups in total. The number of hydrogen-bond donors (Lipinski definition) is 1. The summed E-state index contributed by atoms with van der Waals surface area (Å²) in [4.78, 5) is 2.36. The van der Waals surface area contributed by atoms with Crippen molar-refractivity contribution in [3.63, 3.8) is 0 Å². The van der Waals surface area contributed by atoms with Crippen LogP contribution in [-0.2, 0) is 6.54 Å². The number of alkyl halides is 2. The molecule has 0 saturated carbocycles. The van der Waals surface area contributed by atoms with Gasteiger partial charge in [-0.25, -0.2) is 0 Å². The highest BCUT2D eigenvalue weighted by Gasteiger charge is 2.14. The molecule has 1 unspecified atom stereocenters. The van der Waals surface area contributed by atoms with Gasteiger partial charge in [0.25, 0.3) is 0 Å². The van der Waals surface area contributed by atoms with E-state index in [-0.39, 0.29) is 5.75 Å². The molecule has 0 aromatic heterocycles. The molecule has 3 nitrogen and oxygen atoms in total. The van der Waals surface area contributed by atoms with Crippen LogP contribution < -0.4 is 10.1 Å². The van der Waals surface area contributed by atoms with Crippen molar-refractivity contribution in [2.24, 2.45) is 0 Å². The summed E-state index contributed by atoms with van der Waals surface area (Å²) in [5.74, 6) is 0.208. The minimum atomic E-state index is -2.76. The van der Waals surface area contributed by atoms with Crippen molar-refractivity contribution in [3.8, 4) is 5.75 Å². The van der Waals surface area contributed by atoms with Crippen LogP contribution >= 0.6 is 0 Å². The Morgan fingerprint density at radius 1 is 1.25 bits per heavy atom. The maximum atomic E-state index is 12.0. The molecule has 1 heterocycles. The van der Waals surface area contributed by atoms with Gasteiger partial charge in [-0.05, 0) is 57.1 Å². The monoisotopic (exact) mass is 284 g/mol. The van der Waals surface area contributed by atoms with Gasteiger partial charge in [0.2, 0.25) is 0 Å². The number of halogens is 2. The van der Waals surface area contributed by atoms with Gasteiger partial charge in [0, 0.05) is 12.6 Å². The standard InChI is InChI=1S/C15H22F2N2O/c1-19-9-2-3-13(8-10-19)18-11-12-4-6-14(7-5-12)20-15(16)17/h4-7,13,15,18H,2-3,8-11H2,1H3. The van der Waals surface area contributed by atoms with Crippen LogP contribution in [0.15, 0.2) is 24.3 Å². The number of hydrogen-bond acceptors (Lipinski definition) is 3. The fourth-order valence-electron chi connectivity index (χ4n) is 2.50. The lowest BCUT2D eigenvalue weighted by Gasteiger charge is -2.17. The van der Waals surface area contributed by atoms with Crippen molar-refractivity contribution in [1.29, 1.82) is 0 Å². The van der Waals surface area contributed by atoms with Crippen LogP contribution in [0.2, 0.25) is 0 Å². The Kier molecular flexibility index (Phi) is 5.73. The highest BCUT2D eigenvalue weighted by atomic mass is 19.3. The van der Waals surface area contributed by atoms with Gasteiger partial charge in [0.1, 0.15) is 5.75 Å². The molecule has 1 atom stereocenters. The van der Waals surface area contributed by atoms with Crippen molar-refractivity contribution in [2.75, 3.05) is 20.1 Å². The van der Waals surface area contributed by atoms with E-state index in [0.29, 0.717) is 6.04 Å². The molecule has 1 saturated heterocycles. The lowest BCUT2D eigenvalue weighted by Crippen LogP contribution is -2.29. The van der Waals surface area contributed by atoms with Crippen LogP contribution in [0.1, 0.15) is 24.8 Å². The maximum absolute atomic E-state index is 12.0. The first-order chi connectivity index (χ1) is 9.63. The van der Waals surface area contributed by atoms with Gasteiger partial charge in [-0.2, -0.15) is 8.78 Å². The average molecular weight is 284 g/mol. The van der Waals surface area contributed by atoms with Crippen molar-refractivity contribution in [2.45, 2.75) is 38.5 Å². The number of likely N-dealkylation sites (tertiary alicyclic amines) is 1. The molecule has 0 aliphatic carbocycles. The summed E-state index contributed by atoms with van der Waals surface area (Å²) in [7, 11) is 2.16. The molecular weight excluding hydrogens is 262 g/mol. The molecule has 2 rings (SSSR count). The van der Waals surface area contributed by atoms with Crippen molar-refractivity contribution in [1.82, 2.24) is 10.2 Å². The number of benzene rings is 1. The molecule has 1 aliphatic rings. The van der Waals surface area contributed by atoms with E-state index in [1.54, 1.807) is 12.1 Å². The van der Waals surface area contributed by atoms with Crippen molar-refractivity contribution >= 4 is 0 Å². The molecule has 1 aromatic carbocycles. The Bertz CT molecular complexity index is 397. The first kappa shape index (κ1) is 15.2. The van der Waals surface area contributed by atoms with Gasteiger partial charge >= 0.3 is 6.61 Å². The van der Waals surface area contributed by atoms with E-state index >= 15 is 0 Å². The molecular formula is C15H22F2N2O. The van der Waals surface area contributed by atoms with E-state index in [1.807, 2.05) is 12.1 Å². The fourth-order valence-corrected chi connectivity index (χ4v) is 2.50. The molecule has 0 amide bonds. The van der Waals surface area contributed by atoms with Crippen LogP contribution in [0, 0.1) is 0 Å². The van der Waals surface area contributed by atoms with Crippen molar-refractivity contribution < 1.29 is 13.5 Å². The fraction of sp³-hybridized carbons (Fsp3) is 0.600. The molecule has 1 fully saturated rings. The lowest BCUT2D eigenvalue weighted by atomic mass is 10.1.